The number of nitriles is 1. The van der Waals surface area contributed by atoms with Gasteiger partial charge >= 0.3 is 5.69 Å². The molecule has 0 unspecified atom stereocenters. The van der Waals surface area contributed by atoms with E-state index in [0.29, 0.717) is 17.6 Å². The minimum Gasteiger partial charge on any atom is -0.450 e. The minimum absolute atomic E-state index is 0.0174. The SMILES string of the molecule is Cc1ccc(C#N)cc1Oc1ccc(C=O)cc1[N+](=O)[O-]. The number of nitro benzene ring substituents is 1. The number of nitro groups is 1. The molecular formula is C15H10N2O4. The molecule has 0 saturated heterocycles. The Morgan fingerprint density at radius 3 is 2.62 bits per heavy atom. The van der Waals surface area contributed by atoms with Gasteiger partial charge in [0.15, 0.2) is 0 Å². The summed E-state index contributed by atoms with van der Waals surface area (Å²) in [5, 5.41) is 19.9. The molecule has 0 amide bonds. The molecule has 0 aliphatic carbocycles. The zero-order valence-corrected chi connectivity index (χ0v) is 11.1. The number of benzene rings is 2. The van der Waals surface area contributed by atoms with Crippen LogP contribution in [0.15, 0.2) is 36.4 Å². The fraction of sp³-hybridized carbons (Fsp3) is 0.0667. The van der Waals surface area contributed by atoms with Crippen LogP contribution in [0.25, 0.3) is 0 Å². The first kappa shape index (κ1) is 14.2. The molecule has 2 aromatic rings. The van der Waals surface area contributed by atoms with E-state index in [2.05, 4.69) is 0 Å². The average Bonchev–Trinajstić information content (AvgIpc) is 2.49. The van der Waals surface area contributed by atoms with Crippen LogP contribution in [-0.2, 0) is 0 Å². The second kappa shape index (κ2) is 5.84. The van der Waals surface area contributed by atoms with Crippen LogP contribution in [0.2, 0.25) is 0 Å². The van der Waals surface area contributed by atoms with Crippen molar-refractivity contribution in [2.75, 3.05) is 0 Å². The first-order chi connectivity index (χ1) is 10.0. The van der Waals surface area contributed by atoms with E-state index in [9.17, 15) is 14.9 Å². The van der Waals surface area contributed by atoms with Gasteiger partial charge in [-0.1, -0.05) is 6.07 Å². The fourth-order valence-electron chi connectivity index (χ4n) is 1.73. The molecule has 2 rings (SSSR count). The molecule has 0 saturated carbocycles. The standard InChI is InChI=1S/C15H10N2O4/c1-10-2-3-11(8-16)7-15(10)21-14-5-4-12(9-18)6-13(14)17(19)20/h2-7,9H,1H3. The number of rotatable bonds is 4. The van der Waals surface area contributed by atoms with Gasteiger partial charge in [0, 0.05) is 11.6 Å². The van der Waals surface area contributed by atoms with Gasteiger partial charge in [0.1, 0.15) is 12.0 Å². The molecule has 0 radical (unpaired) electrons. The van der Waals surface area contributed by atoms with Crippen molar-refractivity contribution in [1.29, 1.82) is 5.26 Å². The summed E-state index contributed by atoms with van der Waals surface area (Å²) in [5.41, 5.74) is 1.02. The van der Waals surface area contributed by atoms with Gasteiger partial charge < -0.3 is 4.74 Å². The molecule has 104 valence electrons. The maximum atomic E-state index is 11.0. The summed E-state index contributed by atoms with van der Waals surface area (Å²) >= 11 is 0. The van der Waals surface area contributed by atoms with Crippen molar-refractivity contribution in [3.05, 3.63) is 63.2 Å². The largest absolute Gasteiger partial charge is 0.450 e. The first-order valence-corrected chi connectivity index (χ1v) is 5.97. The molecule has 0 bridgehead atoms. The lowest BCUT2D eigenvalue weighted by atomic mass is 10.1. The van der Waals surface area contributed by atoms with E-state index >= 15 is 0 Å². The fourth-order valence-corrected chi connectivity index (χ4v) is 1.73. The van der Waals surface area contributed by atoms with Crippen LogP contribution in [0.4, 0.5) is 5.69 Å². The molecule has 0 atom stereocenters. The minimum atomic E-state index is -0.619. The van der Waals surface area contributed by atoms with Crippen molar-refractivity contribution in [3.63, 3.8) is 0 Å². The zero-order chi connectivity index (χ0) is 15.4. The Balaban J connectivity index is 2.47. The van der Waals surface area contributed by atoms with E-state index in [1.807, 2.05) is 6.07 Å². The van der Waals surface area contributed by atoms with E-state index < -0.39 is 4.92 Å². The molecule has 6 nitrogen and oxygen atoms in total. The van der Waals surface area contributed by atoms with Crippen LogP contribution in [-0.4, -0.2) is 11.2 Å². The van der Waals surface area contributed by atoms with Crippen LogP contribution in [0.5, 0.6) is 11.5 Å². The first-order valence-electron chi connectivity index (χ1n) is 5.97. The van der Waals surface area contributed by atoms with Crippen molar-refractivity contribution in [2.24, 2.45) is 0 Å². The number of hydrogen-bond acceptors (Lipinski definition) is 5. The second-order valence-corrected chi connectivity index (χ2v) is 4.30. The predicted octanol–water partition coefficient (Wildman–Crippen LogP) is 3.38. The highest BCUT2D eigenvalue weighted by atomic mass is 16.6. The highest BCUT2D eigenvalue weighted by Gasteiger charge is 2.17. The quantitative estimate of drug-likeness (QED) is 0.486. The third-order valence-electron chi connectivity index (χ3n) is 2.85. The van der Waals surface area contributed by atoms with E-state index in [1.54, 1.807) is 19.1 Å². The van der Waals surface area contributed by atoms with Crippen molar-refractivity contribution in [1.82, 2.24) is 0 Å². The molecule has 0 N–H and O–H groups in total. The topological polar surface area (TPSA) is 93.2 Å². The molecule has 0 aliphatic heterocycles. The average molecular weight is 282 g/mol. The third kappa shape index (κ3) is 3.04. The molecule has 0 heterocycles. The monoisotopic (exact) mass is 282 g/mol. The van der Waals surface area contributed by atoms with Gasteiger partial charge in [0.25, 0.3) is 0 Å². The second-order valence-electron chi connectivity index (χ2n) is 4.30. The van der Waals surface area contributed by atoms with E-state index in [1.165, 1.54) is 18.2 Å². The van der Waals surface area contributed by atoms with Gasteiger partial charge in [-0.15, -0.1) is 0 Å². The van der Waals surface area contributed by atoms with Crippen LogP contribution in [0.1, 0.15) is 21.5 Å². The van der Waals surface area contributed by atoms with Gasteiger partial charge in [0.05, 0.1) is 16.6 Å². The van der Waals surface area contributed by atoms with Crippen molar-refractivity contribution in [2.45, 2.75) is 6.92 Å². The highest BCUT2D eigenvalue weighted by Crippen LogP contribution is 2.33. The van der Waals surface area contributed by atoms with Gasteiger partial charge in [-0.25, -0.2) is 0 Å². The van der Waals surface area contributed by atoms with Crippen LogP contribution < -0.4 is 4.74 Å². The van der Waals surface area contributed by atoms with Crippen molar-refractivity contribution in [3.8, 4) is 17.6 Å². The van der Waals surface area contributed by atoms with Crippen LogP contribution >= 0.6 is 0 Å². The molecule has 0 spiro atoms. The molecule has 21 heavy (non-hydrogen) atoms. The maximum absolute atomic E-state index is 11.0. The summed E-state index contributed by atoms with van der Waals surface area (Å²) in [5.74, 6) is 0.375. The molecular weight excluding hydrogens is 272 g/mol. The zero-order valence-electron chi connectivity index (χ0n) is 11.1. The highest BCUT2D eigenvalue weighted by molar-refractivity contribution is 5.77. The van der Waals surface area contributed by atoms with Crippen molar-refractivity contribution >= 4 is 12.0 Å². The molecule has 0 fully saturated rings. The van der Waals surface area contributed by atoms with Gasteiger partial charge in [-0.2, -0.15) is 5.26 Å². The Kier molecular flexibility index (Phi) is 3.95. The number of nitrogens with zero attached hydrogens (tertiary/aromatic N) is 2. The number of carbonyl (C=O) groups excluding carboxylic acids is 1. The molecule has 2 aromatic carbocycles. The Morgan fingerprint density at radius 2 is 2.00 bits per heavy atom. The predicted molar refractivity (Wildman–Crippen MR) is 74.5 cm³/mol. The Hall–Kier alpha value is -3.20. The van der Waals surface area contributed by atoms with E-state index in [-0.39, 0.29) is 17.0 Å². The smallest absolute Gasteiger partial charge is 0.312 e. The summed E-state index contributed by atoms with van der Waals surface area (Å²) in [6, 6.07) is 10.7. The van der Waals surface area contributed by atoms with Crippen LogP contribution in [0.3, 0.4) is 0 Å². The Labute approximate surface area is 120 Å². The number of hydrogen-bond donors (Lipinski definition) is 0. The van der Waals surface area contributed by atoms with Gasteiger partial charge in [-0.3, -0.25) is 14.9 Å². The third-order valence-corrected chi connectivity index (χ3v) is 2.85. The Morgan fingerprint density at radius 1 is 1.24 bits per heavy atom. The lowest BCUT2D eigenvalue weighted by Crippen LogP contribution is -1.96. The molecule has 6 heteroatoms. The summed E-state index contributed by atoms with van der Waals surface area (Å²) in [7, 11) is 0. The number of carbonyl (C=O) groups is 1. The number of aldehydes is 1. The molecule has 0 aromatic heterocycles. The summed E-state index contributed by atoms with van der Waals surface area (Å²) in [4.78, 5) is 21.1. The number of aryl methyl sites for hydroxylation is 1. The van der Waals surface area contributed by atoms with E-state index in [4.69, 9.17) is 10.00 Å². The Bertz CT molecular complexity index is 763. The maximum Gasteiger partial charge on any atom is 0.312 e. The lowest BCUT2D eigenvalue weighted by Gasteiger charge is -2.09. The normalized spacial score (nSPS) is 9.71. The van der Waals surface area contributed by atoms with E-state index in [0.717, 1.165) is 11.6 Å². The summed E-state index contributed by atoms with van der Waals surface area (Å²) < 4.78 is 5.53. The van der Waals surface area contributed by atoms with Crippen molar-refractivity contribution < 1.29 is 14.5 Å². The summed E-state index contributed by atoms with van der Waals surface area (Å²) in [6.07, 6.45) is 0.526. The van der Waals surface area contributed by atoms with Gasteiger partial charge in [-0.05, 0) is 36.8 Å². The molecule has 0 aliphatic rings. The van der Waals surface area contributed by atoms with Crippen LogP contribution in [0, 0.1) is 28.4 Å². The van der Waals surface area contributed by atoms with Gasteiger partial charge in [0.2, 0.25) is 5.75 Å². The number of ether oxygens (including phenoxy) is 1. The lowest BCUT2D eigenvalue weighted by molar-refractivity contribution is -0.385. The summed E-state index contributed by atoms with van der Waals surface area (Å²) in [6.45, 7) is 1.77.